The number of carboxylic acids is 1. The average molecular weight is 172 g/mol. The van der Waals surface area contributed by atoms with Gasteiger partial charge >= 0.3 is 5.97 Å². The normalized spacial score (nSPS) is 10.1. The van der Waals surface area contributed by atoms with Crippen molar-refractivity contribution in [1.29, 1.82) is 0 Å². The smallest absolute Gasteiger partial charge is 0.376 e. The molecule has 0 atom stereocenters. The van der Waals surface area contributed by atoms with Gasteiger partial charge in [0.2, 0.25) is 0 Å². The molecule has 0 aliphatic rings. The fraction of sp³-hybridized carbons (Fsp3) is 0.500. The Morgan fingerprint density at radius 1 is 1.50 bits per heavy atom. The summed E-state index contributed by atoms with van der Waals surface area (Å²) in [6.07, 6.45) is 3.91. The van der Waals surface area contributed by atoms with Crippen LogP contribution in [0.3, 0.4) is 0 Å². The molecule has 0 saturated heterocycles. The molecule has 4 nitrogen and oxygen atoms in total. The van der Waals surface area contributed by atoms with E-state index in [0.717, 1.165) is 25.2 Å². The number of carboxylic acid groups (broad SMARTS) is 1. The summed E-state index contributed by atoms with van der Waals surface area (Å²) in [4.78, 5) is 20.4. The molecule has 0 bridgehead atoms. The van der Waals surface area contributed by atoms with Crippen LogP contribution in [0.4, 0.5) is 0 Å². The minimum absolute atomic E-state index is 0.514. The fourth-order valence-electron chi connectivity index (χ4n) is 0.477. The standard InChI is InChI=1S/C8H12O4/c1-2-3-5-12-6-4-7(9)8(10)11/h4,6H,2-3,5H2,1H3,(H,10,11). The highest BCUT2D eigenvalue weighted by Crippen LogP contribution is 1.88. The Labute approximate surface area is 70.8 Å². The van der Waals surface area contributed by atoms with Crippen LogP contribution >= 0.6 is 0 Å². The molecule has 1 N–H and O–H groups in total. The number of hydrogen-bond acceptors (Lipinski definition) is 3. The Morgan fingerprint density at radius 3 is 2.67 bits per heavy atom. The number of carbonyl (C=O) groups excluding carboxylic acids is 1. The molecule has 0 aromatic carbocycles. The van der Waals surface area contributed by atoms with E-state index < -0.39 is 11.8 Å². The highest BCUT2D eigenvalue weighted by molar-refractivity contribution is 6.37. The summed E-state index contributed by atoms with van der Waals surface area (Å²) in [5.41, 5.74) is 0. The van der Waals surface area contributed by atoms with E-state index in [1.54, 1.807) is 0 Å². The molecule has 12 heavy (non-hydrogen) atoms. The Hall–Kier alpha value is -1.32. The van der Waals surface area contributed by atoms with Crippen molar-refractivity contribution in [2.45, 2.75) is 19.8 Å². The molecule has 0 aliphatic heterocycles. The molecule has 0 radical (unpaired) electrons. The van der Waals surface area contributed by atoms with Crippen LogP contribution in [0.5, 0.6) is 0 Å². The van der Waals surface area contributed by atoms with E-state index in [9.17, 15) is 9.59 Å². The van der Waals surface area contributed by atoms with Crippen LogP contribution in [-0.4, -0.2) is 23.5 Å². The third kappa shape index (κ3) is 5.46. The zero-order valence-corrected chi connectivity index (χ0v) is 6.95. The summed E-state index contributed by atoms with van der Waals surface area (Å²) in [5.74, 6) is -2.43. The maximum absolute atomic E-state index is 10.4. The zero-order valence-electron chi connectivity index (χ0n) is 6.95. The predicted molar refractivity (Wildman–Crippen MR) is 42.6 cm³/mol. The lowest BCUT2D eigenvalue weighted by molar-refractivity contribution is -0.146. The molecule has 0 amide bonds. The van der Waals surface area contributed by atoms with Gasteiger partial charge in [-0.3, -0.25) is 4.79 Å². The van der Waals surface area contributed by atoms with Gasteiger partial charge in [-0.15, -0.1) is 0 Å². The average Bonchev–Trinajstić information content (AvgIpc) is 2.03. The first-order chi connectivity index (χ1) is 5.68. The van der Waals surface area contributed by atoms with Crippen molar-refractivity contribution in [3.05, 3.63) is 12.3 Å². The molecule has 0 rings (SSSR count). The van der Waals surface area contributed by atoms with E-state index >= 15 is 0 Å². The molecule has 0 aromatic rings. The molecule has 0 fully saturated rings. The second kappa shape index (κ2) is 6.39. The molecule has 0 spiro atoms. The minimum atomic E-state index is -1.47. The van der Waals surface area contributed by atoms with Gasteiger partial charge in [0.05, 0.1) is 12.9 Å². The monoisotopic (exact) mass is 172 g/mol. The molecule has 68 valence electrons. The Morgan fingerprint density at radius 2 is 2.17 bits per heavy atom. The summed E-state index contributed by atoms with van der Waals surface area (Å²) < 4.78 is 4.83. The van der Waals surface area contributed by atoms with E-state index in [2.05, 4.69) is 0 Å². The van der Waals surface area contributed by atoms with Crippen LogP contribution < -0.4 is 0 Å². The summed E-state index contributed by atoms with van der Waals surface area (Å²) in [6.45, 7) is 2.52. The van der Waals surface area contributed by atoms with Crippen molar-refractivity contribution in [3.8, 4) is 0 Å². The van der Waals surface area contributed by atoms with Crippen molar-refractivity contribution < 1.29 is 19.4 Å². The fourth-order valence-corrected chi connectivity index (χ4v) is 0.477. The molecule has 0 unspecified atom stereocenters. The molecule has 4 heteroatoms. The Bertz CT molecular complexity index is 183. The topological polar surface area (TPSA) is 63.6 Å². The largest absolute Gasteiger partial charge is 0.501 e. The molecule has 0 heterocycles. The van der Waals surface area contributed by atoms with Gasteiger partial charge < -0.3 is 9.84 Å². The lowest BCUT2D eigenvalue weighted by Crippen LogP contribution is -2.08. The lowest BCUT2D eigenvalue weighted by atomic mass is 10.4. The van der Waals surface area contributed by atoms with E-state index in [1.165, 1.54) is 0 Å². The highest BCUT2D eigenvalue weighted by atomic mass is 16.5. The van der Waals surface area contributed by atoms with Gasteiger partial charge in [-0.25, -0.2) is 4.79 Å². The lowest BCUT2D eigenvalue weighted by Gasteiger charge is -1.95. The second-order valence-electron chi connectivity index (χ2n) is 2.20. The van der Waals surface area contributed by atoms with Crippen molar-refractivity contribution in [1.82, 2.24) is 0 Å². The molecular weight excluding hydrogens is 160 g/mol. The van der Waals surface area contributed by atoms with Crippen LogP contribution in [0.2, 0.25) is 0 Å². The molecular formula is C8H12O4. The van der Waals surface area contributed by atoms with Gasteiger partial charge in [-0.1, -0.05) is 13.3 Å². The first-order valence-corrected chi connectivity index (χ1v) is 3.74. The summed E-state index contributed by atoms with van der Waals surface area (Å²) in [7, 11) is 0. The quantitative estimate of drug-likeness (QED) is 0.280. The molecule has 0 saturated carbocycles. The van der Waals surface area contributed by atoms with Gasteiger partial charge in [0.25, 0.3) is 5.78 Å². The highest BCUT2D eigenvalue weighted by Gasteiger charge is 2.04. The van der Waals surface area contributed by atoms with E-state index in [-0.39, 0.29) is 0 Å². The zero-order chi connectivity index (χ0) is 9.40. The van der Waals surface area contributed by atoms with Gasteiger partial charge in [0.15, 0.2) is 0 Å². The van der Waals surface area contributed by atoms with E-state index in [1.807, 2.05) is 6.92 Å². The summed E-state index contributed by atoms with van der Waals surface area (Å²) in [6, 6.07) is 0. The van der Waals surface area contributed by atoms with Crippen LogP contribution in [0, 0.1) is 0 Å². The summed E-state index contributed by atoms with van der Waals surface area (Å²) in [5, 5.41) is 8.13. The number of hydrogen-bond donors (Lipinski definition) is 1. The Balaban J connectivity index is 3.48. The van der Waals surface area contributed by atoms with Gasteiger partial charge in [-0.05, 0) is 6.42 Å². The van der Waals surface area contributed by atoms with Crippen molar-refractivity contribution in [2.24, 2.45) is 0 Å². The van der Waals surface area contributed by atoms with Crippen molar-refractivity contribution in [2.75, 3.05) is 6.61 Å². The van der Waals surface area contributed by atoms with Gasteiger partial charge in [0, 0.05) is 6.08 Å². The number of carbonyl (C=O) groups is 2. The number of unbranched alkanes of at least 4 members (excludes halogenated alkanes) is 1. The summed E-state index contributed by atoms with van der Waals surface area (Å²) >= 11 is 0. The number of rotatable bonds is 6. The van der Waals surface area contributed by atoms with E-state index in [0.29, 0.717) is 6.61 Å². The third-order valence-corrected chi connectivity index (χ3v) is 1.14. The Kier molecular flexibility index (Phi) is 5.69. The van der Waals surface area contributed by atoms with Crippen LogP contribution in [0.25, 0.3) is 0 Å². The van der Waals surface area contributed by atoms with Crippen LogP contribution in [0.1, 0.15) is 19.8 Å². The van der Waals surface area contributed by atoms with Gasteiger partial charge in [-0.2, -0.15) is 0 Å². The number of ether oxygens (including phenoxy) is 1. The number of aliphatic carboxylic acids is 1. The predicted octanol–water partition coefficient (Wildman–Crippen LogP) is 0.970. The maximum Gasteiger partial charge on any atom is 0.376 e. The van der Waals surface area contributed by atoms with Crippen molar-refractivity contribution >= 4 is 11.8 Å². The van der Waals surface area contributed by atoms with Gasteiger partial charge in [0.1, 0.15) is 0 Å². The number of ketones is 1. The third-order valence-electron chi connectivity index (χ3n) is 1.14. The van der Waals surface area contributed by atoms with Crippen molar-refractivity contribution in [3.63, 3.8) is 0 Å². The van der Waals surface area contributed by atoms with E-state index in [4.69, 9.17) is 9.84 Å². The molecule has 0 aromatic heterocycles. The van der Waals surface area contributed by atoms with Crippen LogP contribution in [-0.2, 0) is 14.3 Å². The second-order valence-corrected chi connectivity index (χ2v) is 2.20. The first-order valence-electron chi connectivity index (χ1n) is 3.74. The maximum atomic E-state index is 10.4. The molecule has 0 aliphatic carbocycles. The first kappa shape index (κ1) is 10.7. The SMILES string of the molecule is CCCCOC=CC(=O)C(=O)O. The van der Waals surface area contributed by atoms with Crippen LogP contribution in [0.15, 0.2) is 12.3 Å². The minimum Gasteiger partial charge on any atom is -0.501 e.